The number of benzene rings is 1. The van der Waals surface area contributed by atoms with E-state index in [-0.39, 0.29) is 0 Å². The van der Waals surface area contributed by atoms with Crippen LogP contribution in [0.15, 0.2) is 30.3 Å². The van der Waals surface area contributed by atoms with Crippen molar-refractivity contribution in [2.75, 3.05) is 6.54 Å². The molecule has 20 heavy (non-hydrogen) atoms. The molecule has 0 radical (unpaired) electrons. The summed E-state index contributed by atoms with van der Waals surface area (Å²) in [5.74, 6) is 3.09. The second kappa shape index (κ2) is 6.76. The Labute approximate surface area is 124 Å². The molecule has 0 amide bonds. The van der Waals surface area contributed by atoms with Gasteiger partial charge in [-0.05, 0) is 68.4 Å². The van der Waals surface area contributed by atoms with Crippen LogP contribution in [0.2, 0.25) is 0 Å². The molecule has 0 spiro atoms. The minimum atomic E-state index is 0.777. The molecule has 4 unspecified atom stereocenters. The van der Waals surface area contributed by atoms with Gasteiger partial charge in [0.1, 0.15) is 0 Å². The molecule has 0 aliphatic heterocycles. The molecule has 1 nitrogen and oxygen atoms in total. The smallest absolute Gasteiger partial charge is 0.00980 e. The number of hydrogen-bond donors (Lipinski definition) is 1. The largest absolute Gasteiger partial charge is 0.314 e. The molecule has 2 saturated carbocycles. The number of aryl methyl sites for hydroxylation is 1. The fraction of sp³-hybridized carbons (Fsp3) is 0.684. The third-order valence-electron chi connectivity index (χ3n) is 5.60. The molecule has 110 valence electrons. The Bertz CT molecular complexity index is 399. The van der Waals surface area contributed by atoms with Gasteiger partial charge in [0.25, 0.3) is 0 Å². The van der Waals surface area contributed by atoms with Crippen molar-refractivity contribution in [2.45, 2.75) is 57.9 Å². The molecular weight excluding hydrogens is 242 g/mol. The maximum atomic E-state index is 3.80. The maximum absolute atomic E-state index is 3.80. The monoisotopic (exact) mass is 271 g/mol. The third-order valence-corrected chi connectivity index (χ3v) is 5.60. The lowest BCUT2D eigenvalue weighted by Gasteiger charge is -2.31. The van der Waals surface area contributed by atoms with Crippen molar-refractivity contribution in [3.05, 3.63) is 35.9 Å². The summed E-state index contributed by atoms with van der Waals surface area (Å²) >= 11 is 0. The second-order valence-corrected chi connectivity index (χ2v) is 6.88. The lowest BCUT2D eigenvalue weighted by Crippen LogP contribution is -2.38. The van der Waals surface area contributed by atoms with Crippen LogP contribution in [0, 0.1) is 17.8 Å². The zero-order valence-corrected chi connectivity index (χ0v) is 12.9. The predicted octanol–water partition coefficient (Wildman–Crippen LogP) is 4.42. The Hall–Kier alpha value is -0.820. The van der Waals surface area contributed by atoms with E-state index < -0.39 is 0 Å². The van der Waals surface area contributed by atoms with Gasteiger partial charge in [-0.15, -0.1) is 0 Å². The second-order valence-electron chi connectivity index (χ2n) is 6.88. The van der Waals surface area contributed by atoms with Gasteiger partial charge in [-0.25, -0.2) is 0 Å². The molecule has 0 saturated heterocycles. The summed E-state index contributed by atoms with van der Waals surface area (Å²) in [6.07, 6.45) is 9.99. The van der Waals surface area contributed by atoms with Gasteiger partial charge in [0.15, 0.2) is 0 Å². The van der Waals surface area contributed by atoms with E-state index in [0.717, 1.165) is 30.3 Å². The Morgan fingerprint density at radius 1 is 1.15 bits per heavy atom. The van der Waals surface area contributed by atoms with Crippen LogP contribution in [0.5, 0.6) is 0 Å². The van der Waals surface area contributed by atoms with Crippen molar-refractivity contribution >= 4 is 0 Å². The van der Waals surface area contributed by atoms with Crippen LogP contribution in [-0.2, 0) is 6.42 Å². The molecule has 1 N–H and O–H groups in total. The van der Waals surface area contributed by atoms with Crippen LogP contribution >= 0.6 is 0 Å². The molecule has 2 fully saturated rings. The van der Waals surface area contributed by atoms with E-state index in [2.05, 4.69) is 42.6 Å². The molecule has 1 aromatic carbocycles. The van der Waals surface area contributed by atoms with Crippen molar-refractivity contribution in [1.82, 2.24) is 5.32 Å². The van der Waals surface area contributed by atoms with Gasteiger partial charge in [0.2, 0.25) is 0 Å². The van der Waals surface area contributed by atoms with E-state index in [0.29, 0.717) is 0 Å². The number of hydrogen-bond acceptors (Lipinski definition) is 1. The van der Waals surface area contributed by atoms with Gasteiger partial charge < -0.3 is 5.32 Å². The first kappa shape index (κ1) is 14.1. The number of nitrogens with one attached hydrogen (secondary N) is 1. The molecular formula is C19H29N. The Balaban J connectivity index is 1.50. The summed E-state index contributed by atoms with van der Waals surface area (Å²) in [6.45, 7) is 3.39. The lowest BCUT2D eigenvalue weighted by atomic mass is 9.81. The maximum Gasteiger partial charge on any atom is 0.00980 e. The van der Waals surface area contributed by atoms with Crippen molar-refractivity contribution in [3.63, 3.8) is 0 Å². The summed E-state index contributed by atoms with van der Waals surface area (Å²) in [4.78, 5) is 0. The van der Waals surface area contributed by atoms with E-state index in [1.165, 1.54) is 50.5 Å². The molecule has 2 aliphatic carbocycles. The first-order valence-corrected chi connectivity index (χ1v) is 8.64. The average Bonchev–Trinajstić information content (AvgIpc) is 3.10. The van der Waals surface area contributed by atoms with E-state index in [4.69, 9.17) is 0 Å². The molecule has 1 aromatic rings. The average molecular weight is 271 g/mol. The quantitative estimate of drug-likeness (QED) is 0.774. The summed E-state index contributed by atoms with van der Waals surface area (Å²) in [5.41, 5.74) is 1.50. The van der Waals surface area contributed by atoms with Crippen LogP contribution in [0.1, 0.15) is 51.0 Å². The van der Waals surface area contributed by atoms with Crippen molar-refractivity contribution < 1.29 is 0 Å². The van der Waals surface area contributed by atoms with Crippen LogP contribution in [-0.4, -0.2) is 12.6 Å². The van der Waals surface area contributed by atoms with E-state index in [9.17, 15) is 0 Å². The van der Waals surface area contributed by atoms with E-state index >= 15 is 0 Å². The molecule has 2 aliphatic rings. The van der Waals surface area contributed by atoms with Gasteiger partial charge in [-0.3, -0.25) is 0 Å². The van der Waals surface area contributed by atoms with Crippen LogP contribution < -0.4 is 5.32 Å². The Morgan fingerprint density at radius 2 is 2.00 bits per heavy atom. The Morgan fingerprint density at radius 3 is 2.65 bits per heavy atom. The Kier molecular flexibility index (Phi) is 4.77. The topological polar surface area (TPSA) is 12.0 Å². The van der Waals surface area contributed by atoms with Gasteiger partial charge in [-0.1, -0.05) is 43.7 Å². The molecule has 4 atom stereocenters. The summed E-state index contributed by atoms with van der Waals surface area (Å²) in [7, 11) is 0. The third kappa shape index (κ3) is 3.25. The number of rotatable bonds is 7. The van der Waals surface area contributed by atoms with Gasteiger partial charge in [-0.2, -0.15) is 0 Å². The predicted molar refractivity (Wildman–Crippen MR) is 85.8 cm³/mol. The highest BCUT2D eigenvalue weighted by Crippen LogP contribution is 2.50. The van der Waals surface area contributed by atoms with E-state index in [1.807, 2.05) is 0 Å². The van der Waals surface area contributed by atoms with Gasteiger partial charge in [0, 0.05) is 6.04 Å². The standard InChI is InChI=1S/C19H29N/c1-2-20-19(18-14-16-11-12-17(18)13-16)10-6-9-15-7-4-3-5-8-15/h3-5,7-8,16-20H,2,6,9-14H2,1H3. The molecule has 0 heterocycles. The molecule has 2 bridgehead atoms. The molecule has 3 rings (SSSR count). The minimum Gasteiger partial charge on any atom is -0.314 e. The van der Waals surface area contributed by atoms with Gasteiger partial charge >= 0.3 is 0 Å². The zero-order valence-electron chi connectivity index (χ0n) is 12.9. The van der Waals surface area contributed by atoms with Crippen LogP contribution in [0.3, 0.4) is 0 Å². The first-order valence-electron chi connectivity index (χ1n) is 8.64. The van der Waals surface area contributed by atoms with Crippen molar-refractivity contribution in [2.24, 2.45) is 17.8 Å². The molecule has 1 heteroatoms. The van der Waals surface area contributed by atoms with Gasteiger partial charge in [0.05, 0.1) is 0 Å². The van der Waals surface area contributed by atoms with Crippen LogP contribution in [0.25, 0.3) is 0 Å². The zero-order chi connectivity index (χ0) is 13.8. The van der Waals surface area contributed by atoms with Crippen LogP contribution in [0.4, 0.5) is 0 Å². The lowest BCUT2D eigenvalue weighted by molar-refractivity contribution is 0.238. The highest BCUT2D eigenvalue weighted by molar-refractivity contribution is 5.14. The summed E-state index contributed by atoms with van der Waals surface area (Å²) in [6, 6.07) is 11.7. The van der Waals surface area contributed by atoms with Crippen molar-refractivity contribution in [3.8, 4) is 0 Å². The summed E-state index contributed by atoms with van der Waals surface area (Å²) in [5, 5.41) is 3.80. The highest BCUT2D eigenvalue weighted by Gasteiger charge is 2.42. The fourth-order valence-corrected chi connectivity index (χ4v) is 4.69. The highest BCUT2D eigenvalue weighted by atomic mass is 14.9. The number of fused-ring (bicyclic) bond motifs is 2. The normalized spacial score (nSPS) is 29.8. The fourth-order valence-electron chi connectivity index (χ4n) is 4.69. The SMILES string of the molecule is CCNC(CCCc1ccccc1)C1CC2CCC1C2. The minimum absolute atomic E-state index is 0.777. The van der Waals surface area contributed by atoms with Crippen molar-refractivity contribution in [1.29, 1.82) is 0 Å². The first-order chi connectivity index (χ1) is 9.86. The molecule has 0 aromatic heterocycles. The van der Waals surface area contributed by atoms with E-state index in [1.54, 1.807) is 0 Å². The summed E-state index contributed by atoms with van der Waals surface area (Å²) < 4.78 is 0.